The molecule has 5 nitrogen and oxygen atoms in total. The van der Waals surface area contributed by atoms with Gasteiger partial charge in [0.1, 0.15) is 6.04 Å². The van der Waals surface area contributed by atoms with Crippen LogP contribution in [0.4, 0.5) is 5.69 Å². The third-order valence-electron chi connectivity index (χ3n) is 3.43. The zero-order chi connectivity index (χ0) is 18.1. The van der Waals surface area contributed by atoms with Crippen LogP contribution in [0.3, 0.4) is 0 Å². The van der Waals surface area contributed by atoms with Crippen LogP contribution in [0.25, 0.3) is 0 Å². The average Bonchev–Trinajstić information content (AvgIpc) is 2.51. The summed E-state index contributed by atoms with van der Waals surface area (Å²) in [4.78, 5) is 11.4. The average molecular weight is 388 g/mol. The third kappa shape index (κ3) is 3.66. The van der Waals surface area contributed by atoms with Gasteiger partial charge in [-0.1, -0.05) is 40.9 Å². The van der Waals surface area contributed by atoms with Crippen LogP contribution in [0.15, 0.2) is 47.4 Å². The fraction of sp³-hybridized carbons (Fsp3) is 0.188. The lowest BCUT2D eigenvalue weighted by Gasteiger charge is -2.29. The van der Waals surface area contributed by atoms with E-state index in [-0.39, 0.29) is 20.6 Å². The smallest absolute Gasteiger partial charge is 0.327 e. The SMILES string of the molecule is Cc1ccc(S(=O)(=O)N(c2cc(Cl)ccc2Cl)C(C)C(=O)O)cc1. The molecular formula is C16H15Cl2NO4S. The minimum absolute atomic E-state index is 0.0136. The van der Waals surface area contributed by atoms with Crippen molar-refractivity contribution in [3.05, 3.63) is 58.1 Å². The molecule has 0 saturated carbocycles. The summed E-state index contributed by atoms with van der Waals surface area (Å²) in [6.07, 6.45) is 0. The summed E-state index contributed by atoms with van der Waals surface area (Å²) in [5.41, 5.74) is 0.896. The molecule has 0 radical (unpaired) electrons. The molecule has 0 heterocycles. The molecule has 0 bridgehead atoms. The van der Waals surface area contributed by atoms with E-state index >= 15 is 0 Å². The molecule has 8 heteroatoms. The van der Waals surface area contributed by atoms with Gasteiger partial charge in [0.25, 0.3) is 10.0 Å². The second-order valence-electron chi connectivity index (χ2n) is 5.22. The van der Waals surface area contributed by atoms with Gasteiger partial charge in [-0.3, -0.25) is 4.31 Å². The van der Waals surface area contributed by atoms with Crippen molar-refractivity contribution in [1.29, 1.82) is 0 Å². The highest BCUT2D eigenvalue weighted by atomic mass is 35.5. The van der Waals surface area contributed by atoms with Crippen molar-refractivity contribution in [2.24, 2.45) is 0 Å². The van der Waals surface area contributed by atoms with E-state index in [2.05, 4.69) is 0 Å². The van der Waals surface area contributed by atoms with Crippen LogP contribution >= 0.6 is 23.2 Å². The third-order valence-corrected chi connectivity index (χ3v) is 5.89. The molecule has 2 aromatic carbocycles. The maximum absolute atomic E-state index is 13.0. The Morgan fingerprint density at radius 3 is 2.25 bits per heavy atom. The van der Waals surface area contributed by atoms with Gasteiger partial charge in [-0.2, -0.15) is 0 Å². The standard InChI is InChI=1S/C16H15Cl2NO4S/c1-10-3-6-13(7-4-10)24(22,23)19(11(2)16(20)21)15-9-12(17)5-8-14(15)18/h3-9,11H,1-2H3,(H,20,21). The number of hydrogen-bond acceptors (Lipinski definition) is 3. The highest BCUT2D eigenvalue weighted by Gasteiger charge is 2.34. The molecule has 0 aliphatic rings. The lowest BCUT2D eigenvalue weighted by Crippen LogP contribution is -2.43. The van der Waals surface area contributed by atoms with E-state index in [1.54, 1.807) is 12.1 Å². The van der Waals surface area contributed by atoms with Crippen molar-refractivity contribution >= 4 is 44.9 Å². The topological polar surface area (TPSA) is 74.7 Å². The van der Waals surface area contributed by atoms with E-state index < -0.39 is 22.0 Å². The number of halogens is 2. The fourth-order valence-corrected chi connectivity index (χ4v) is 4.17. The van der Waals surface area contributed by atoms with Crippen LogP contribution in [0.1, 0.15) is 12.5 Å². The first-order chi connectivity index (χ1) is 11.1. The van der Waals surface area contributed by atoms with Gasteiger partial charge in [-0.15, -0.1) is 0 Å². The quantitative estimate of drug-likeness (QED) is 0.841. The molecule has 1 N–H and O–H groups in total. The monoisotopic (exact) mass is 387 g/mol. The predicted octanol–water partition coefficient (Wildman–Crippen LogP) is 3.97. The zero-order valence-electron chi connectivity index (χ0n) is 12.9. The number of carboxylic acid groups (broad SMARTS) is 1. The Kier molecular flexibility index (Phi) is 5.42. The van der Waals surface area contributed by atoms with Gasteiger partial charge >= 0.3 is 5.97 Å². The van der Waals surface area contributed by atoms with E-state index in [1.807, 2.05) is 6.92 Å². The largest absolute Gasteiger partial charge is 0.480 e. The normalized spacial score (nSPS) is 12.7. The van der Waals surface area contributed by atoms with Crippen LogP contribution < -0.4 is 4.31 Å². The molecule has 0 aliphatic heterocycles. The first-order valence-corrected chi connectivity index (χ1v) is 9.13. The van der Waals surface area contributed by atoms with Crippen molar-refractivity contribution < 1.29 is 18.3 Å². The number of aryl methyl sites for hydroxylation is 1. The van der Waals surface area contributed by atoms with Crippen molar-refractivity contribution in [1.82, 2.24) is 0 Å². The van der Waals surface area contributed by atoms with Gasteiger partial charge in [-0.05, 0) is 44.2 Å². The number of carboxylic acids is 1. The number of rotatable bonds is 5. The maximum atomic E-state index is 13.0. The number of aliphatic carboxylic acids is 1. The van der Waals surface area contributed by atoms with E-state index in [0.717, 1.165) is 9.87 Å². The van der Waals surface area contributed by atoms with Crippen molar-refractivity contribution in [2.45, 2.75) is 24.8 Å². The number of benzene rings is 2. The first-order valence-electron chi connectivity index (χ1n) is 6.93. The minimum Gasteiger partial charge on any atom is -0.480 e. The second kappa shape index (κ2) is 7.01. The zero-order valence-corrected chi connectivity index (χ0v) is 15.2. The molecule has 2 rings (SSSR count). The van der Waals surface area contributed by atoms with Gasteiger partial charge in [-0.25, -0.2) is 13.2 Å². The highest BCUT2D eigenvalue weighted by Crippen LogP contribution is 2.34. The number of nitrogens with zero attached hydrogens (tertiary/aromatic N) is 1. The minimum atomic E-state index is -4.14. The number of anilines is 1. The summed E-state index contributed by atoms with van der Waals surface area (Å²) >= 11 is 12.0. The van der Waals surface area contributed by atoms with Crippen LogP contribution in [0.2, 0.25) is 10.0 Å². The molecule has 0 spiro atoms. The molecule has 1 unspecified atom stereocenters. The summed E-state index contributed by atoms with van der Waals surface area (Å²) in [5, 5.41) is 9.68. The Labute approximate surface area is 150 Å². The summed E-state index contributed by atoms with van der Waals surface area (Å²) in [7, 11) is -4.14. The molecule has 24 heavy (non-hydrogen) atoms. The molecule has 0 aromatic heterocycles. The Morgan fingerprint density at radius 1 is 1.12 bits per heavy atom. The Hall–Kier alpha value is -1.76. The van der Waals surface area contributed by atoms with Gasteiger partial charge in [0.05, 0.1) is 15.6 Å². The highest BCUT2D eigenvalue weighted by molar-refractivity contribution is 7.93. The second-order valence-corrected chi connectivity index (χ2v) is 7.88. The number of hydrogen-bond donors (Lipinski definition) is 1. The lowest BCUT2D eigenvalue weighted by molar-refractivity contribution is -0.137. The van der Waals surface area contributed by atoms with E-state index in [0.29, 0.717) is 0 Å². The Balaban J connectivity index is 2.68. The molecule has 0 aliphatic carbocycles. The molecule has 2 aromatic rings. The summed E-state index contributed by atoms with van der Waals surface area (Å²) in [6, 6.07) is 8.99. The molecular weight excluding hydrogens is 373 g/mol. The molecule has 1 atom stereocenters. The summed E-state index contributed by atoms with van der Waals surface area (Å²) < 4.78 is 26.8. The molecule has 0 fully saturated rings. The predicted molar refractivity (Wildman–Crippen MR) is 94.4 cm³/mol. The van der Waals surface area contributed by atoms with E-state index in [9.17, 15) is 18.3 Å². The number of carbonyl (C=O) groups is 1. The van der Waals surface area contributed by atoms with Crippen molar-refractivity contribution in [3.8, 4) is 0 Å². The van der Waals surface area contributed by atoms with Crippen LogP contribution in [0.5, 0.6) is 0 Å². The van der Waals surface area contributed by atoms with Crippen LogP contribution in [-0.4, -0.2) is 25.5 Å². The van der Waals surface area contributed by atoms with E-state index in [4.69, 9.17) is 23.2 Å². The fourth-order valence-electron chi connectivity index (χ4n) is 2.13. The van der Waals surface area contributed by atoms with Gasteiger partial charge in [0, 0.05) is 5.02 Å². The van der Waals surface area contributed by atoms with Crippen molar-refractivity contribution in [2.75, 3.05) is 4.31 Å². The molecule has 0 saturated heterocycles. The number of sulfonamides is 1. The van der Waals surface area contributed by atoms with Gasteiger partial charge < -0.3 is 5.11 Å². The van der Waals surface area contributed by atoms with Crippen LogP contribution in [0, 0.1) is 6.92 Å². The first kappa shape index (κ1) is 18.6. The Bertz CT molecular complexity index is 866. The van der Waals surface area contributed by atoms with E-state index in [1.165, 1.54) is 37.3 Å². The van der Waals surface area contributed by atoms with Gasteiger partial charge in [0.2, 0.25) is 0 Å². The summed E-state index contributed by atoms with van der Waals surface area (Å²) in [5.74, 6) is -1.30. The van der Waals surface area contributed by atoms with Gasteiger partial charge in [0.15, 0.2) is 0 Å². The van der Waals surface area contributed by atoms with Crippen molar-refractivity contribution in [3.63, 3.8) is 0 Å². The molecule has 128 valence electrons. The summed E-state index contributed by atoms with van der Waals surface area (Å²) in [6.45, 7) is 3.09. The lowest BCUT2D eigenvalue weighted by atomic mass is 10.2. The molecule has 0 amide bonds. The Morgan fingerprint density at radius 2 is 1.71 bits per heavy atom. The van der Waals surface area contributed by atoms with Crippen LogP contribution in [-0.2, 0) is 14.8 Å². The maximum Gasteiger partial charge on any atom is 0.327 e.